The van der Waals surface area contributed by atoms with Gasteiger partial charge >= 0.3 is 0 Å². The van der Waals surface area contributed by atoms with Crippen molar-refractivity contribution in [2.45, 2.75) is 6.92 Å². The molecule has 0 saturated carbocycles. The molecule has 0 aliphatic rings. The van der Waals surface area contributed by atoms with E-state index in [1.54, 1.807) is 28.4 Å². The molecule has 0 fully saturated rings. The van der Waals surface area contributed by atoms with Gasteiger partial charge in [-0.05, 0) is 127 Å². The van der Waals surface area contributed by atoms with Gasteiger partial charge in [-0.15, -0.1) is 0 Å². The quantitative estimate of drug-likeness (QED) is 0.136. The molecule has 0 aromatic heterocycles. The van der Waals surface area contributed by atoms with Gasteiger partial charge in [-0.2, -0.15) is 0 Å². The Kier molecular flexibility index (Phi) is 8.33. The van der Waals surface area contributed by atoms with Crippen molar-refractivity contribution in [3.63, 3.8) is 0 Å². The summed E-state index contributed by atoms with van der Waals surface area (Å²) in [6.07, 6.45) is 0. The van der Waals surface area contributed by atoms with E-state index in [1.165, 1.54) is 21.5 Å². The minimum absolute atomic E-state index is 0.517. The monoisotopic (exact) mass is 670 g/mol. The number of ether oxygens (including phenoxy) is 5. The molecule has 0 amide bonds. The molecule has 5 nitrogen and oxygen atoms in total. The van der Waals surface area contributed by atoms with Crippen molar-refractivity contribution >= 4 is 32.3 Å². The Labute approximate surface area is 297 Å². The first-order valence-electron chi connectivity index (χ1n) is 17.1. The van der Waals surface area contributed by atoms with E-state index >= 15 is 0 Å². The first kappa shape index (κ1) is 32.0. The maximum atomic E-state index is 6.68. The third-order valence-electron chi connectivity index (χ3n) is 9.87. The summed E-state index contributed by atoms with van der Waals surface area (Å²) in [6, 6.07) is 44.6. The second kappa shape index (κ2) is 13.3. The number of benzene rings is 8. The highest BCUT2D eigenvalue weighted by Crippen LogP contribution is 2.53. The Bertz CT molecular complexity index is 2310. The molecule has 0 bridgehead atoms. The lowest BCUT2D eigenvalue weighted by atomic mass is 9.81. The van der Waals surface area contributed by atoms with Crippen LogP contribution in [0.3, 0.4) is 0 Å². The molecule has 5 heteroatoms. The van der Waals surface area contributed by atoms with Gasteiger partial charge in [0.1, 0.15) is 28.7 Å². The van der Waals surface area contributed by atoms with Crippen LogP contribution in [0.25, 0.3) is 76.8 Å². The Morgan fingerprint density at radius 2 is 0.686 bits per heavy atom. The van der Waals surface area contributed by atoms with E-state index in [-0.39, 0.29) is 0 Å². The van der Waals surface area contributed by atoms with Crippen molar-refractivity contribution in [3.05, 3.63) is 127 Å². The molecular weight excluding hydrogens is 633 g/mol. The van der Waals surface area contributed by atoms with Crippen LogP contribution in [0.1, 0.15) is 6.92 Å². The third kappa shape index (κ3) is 5.42. The third-order valence-corrected chi connectivity index (χ3v) is 9.87. The highest BCUT2D eigenvalue weighted by molar-refractivity contribution is 6.33. The smallest absolute Gasteiger partial charge is 0.136 e. The second-order valence-corrected chi connectivity index (χ2v) is 12.5. The molecule has 0 spiro atoms. The standard InChI is InChI=1S/C46H38O5/c1-6-51-46-42(30-11-19-34(49-4)20-12-30)38-25-23-36-40(28-7-15-32(47-2)16-8-28)27-41(29-9-17-33(48-3)18-10-29)37-24-26-39(45(38)44(36)37)43(46)31-13-21-35(50-5)22-14-31/h7-27H,6H2,1-5H3. The number of hydrogen-bond acceptors (Lipinski definition) is 5. The van der Waals surface area contributed by atoms with Crippen molar-refractivity contribution in [2.24, 2.45) is 0 Å². The fraction of sp³-hybridized carbons (Fsp3) is 0.130. The zero-order valence-corrected chi connectivity index (χ0v) is 29.4. The van der Waals surface area contributed by atoms with Crippen molar-refractivity contribution in [3.8, 4) is 73.3 Å². The van der Waals surface area contributed by atoms with Gasteiger partial charge in [0, 0.05) is 11.1 Å². The minimum Gasteiger partial charge on any atom is -0.497 e. The van der Waals surface area contributed by atoms with Gasteiger partial charge < -0.3 is 23.7 Å². The molecule has 8 aromatic rings. The highest BCUT2D eigenvalue weighted by Gasteiger charge is 2.25. The van der Waals surface area contributed by atoms with E-state index < -0.39 is 0 Å². The number of rotatable bonds is 10. The van der Waals surface area contributed by atoms with Crippen molar-refractivity contribution < 1.29 is 23.7 Å². The Morgan fingerprint density at radius 1 is 0.373 bits per heavy atom. The fourth-order valence-electron chi connectivity index (χ4n) is 7.43. The minimum atomic E-state index is 0.517. The summed E-state index contributed by atoms with van der Waals surface area (Å²) in [7, 11) is 6.79. The predicted octanol–water partition coefficient (Wildman–Crippen LogP) is 11.7. The van der Waals surface area contributed by atoms with E-state index in [0.717, 1.165) is 84.0 Å². The van der Waals surface area contributed by atoms with Crippen LogP contribution in [0.4, 0.5) is 0 Å². The lowest BCUT2D eigenvalue weighted by Crippen LogP contribution is -2.01. The van der Waals surface area contributed by atoms with E-state index in [1.807, 2.05) is 55.5 Å². The summed E-state index contributed by atoms with van der Waals surface area (Å²) in [5.41, 5.74) is 8.73. The average Bonchev–Trinajstić information content (AvgIpc) is 3.20. The van der Waals surface area contributed by atoms with Crippen LogP contribution in [0.15, 0.2) is 127 Å². The molecule has 8 aromatic carbocycles. The normalized spacial score (nSPS) is 11.3. The van der Waals surface area contributed by atoms with Crippen LogP contribution in [0.5, 0.6) is 28.7 Å². The van der Waals surface area contributed by atoms with Gasteiger partial charge in [0.05, 0.1) is 35.0 Å². The first-order valence-corrected chi connectivity index (χ1v) is 17.1. The summed E-state index contributed by atoms with van der Waals surface area (Å²) in [6.45, 7) is 2.56. The molecule has 0 N–H and O–H groups in total. The fourth-order valence-corrected chi connectivity index (χ4v) is 7.43. The maximum Gasteiger partial charge on any atom is 0.136 e. The zero-order valence-electron chi connectivity index (χ0n) is 29.4. The van der Waals surface area contributed by atoms with Crippen LogP contribution in [0.2, 0.25) is 0 Å². The van der Waals surface area contributed by atoms with Gasteiger partial charge in [0.15, 0.2) is 0 Å². The van der Waals surface area contributed by atoms with Gasteiger partial charge in [0.25, 0.3) is 0 Å². The molecule has 0 aliphatic heterocycles. The van der Waals surface area contributed by atoms with Crippen LogP contribution in [-0.2, 0) is 0 Å². The maximum absolute atomic E-state index is 6.68. The van der Waals surface area contributed by atoms with E-state index in [9.17, 15) is 0 Å². The van der Waals surface area contributed by atoms with E-state index in [0.29, 0.717) is 6.61 Å². The molecule has 0 heterocycles. The molecule has 0 radical (unpaired) electrons. The van der Waals surface area contributed by atoms with Gasteiger partial charge in [-0.25, -0.2) is 0 Å². The summed E-state index contributed by atoms with van der Waals surface area (Å²) in [4.78, 5) is 0. The van der Waals surface area contributed by atoms with E-state index in [2.05, 4.69) is 78.9 Å². The van der Waals surface area contributed by atoms with Gasteiger partial charge in [-0.3, -0.25) is 0 Å². The van der Waals surface area contributed by atoms with E-state index in [4.69, 9.17) is 23.7 Å². The van der Waals surface area contributed by atoms with Crippen molar-refractivity contribution in [1.29, 1.82) is 0 Å². The topological polar surface area (TPSA) is 46.2 Å². The zero-order chi connectivity index (χ0) is 35.1. The van der Waals surface area contributed by atoms with Gasteiger partial charge in [0.2, 0.25) is 0 Å². The summed E-state index contributed by atoms with van der Waals surface area (Å²) >= 11 is 0. The lowest BCUT2D eigenvalue weighted by molar-refractivity contribution is 0.343. The summed E-state index contributed by atoms with van der Waals surface area (Å²) < 4.78 is 28.9. The van der Waals surface area contributed by atoms with Gasteiger partial charge in [-0.1, -0.05) is 72.8 Å². The molecular formula is C46H38O5. The van der Waals surface area contributed by atoms with Crippen LogP contribution < -0.4 is 23.7 Å². The average molecular weight is 671 g/mol. The highest BCUT2D eigenvalue weighted by atomic mass is 16.5. The summed E-state index contributed by atoms with van der Waals surface area (Å²) in [5, 5.41) is 7.00. The molecule has 0 saturated heterocycles. The van der Waals surface area contributed by atoms with Crippen molar-refractivity contribution in [1.82, 2.24) is 0 Å². The first-order chi connectivity index (χ1) is 25.1. The number of hydrogen-bond donors (Lipinski definition) is 0. The molecule has 8 rings (SSSR count). The Hall–Kier alpha value is -6.20. The molecule has 0 unspecified atom stereocenters. The van der Waals surface area contributed by atoms with Crippen LogP contribution in [0, 0.1) is 0 Å². The molecule has 0 atom stereocenters. The number of methoxy groups -OCH3 is 4. The Morgan fingerprint density at radius 3 is 1.02 bits per heavy atom. The van der Waals surface area contributed by atoms with Crippen LogP contribution >= 0.6 is 0 Å². The SMILES string of the molecule is CCOc1c(-c2ccc(OC)cc2)c2ccc3c(-c4ccc(OC)cc4)cc(-c4ccc(OC)cc4)c4ccc(c1-c1ccc(OC)cc1)c2c34. The predicted molar refractivity (Wildman–Crippen MR) is 209 cm³/mol. The largest absolute Gasteiger partial charge is 0.497 e. The molecule has 51 heavy (non-hydrogen) atoms. The van der Waals surface area contributed by atoms with Crippen molar-refractivity contribution in [2.75, 3.05) is 35.0 Å². The lowest BCUT2D eigenvalue weighted by Gasteiger charge is -2.24. The summed E-state index contributed by atoms with van der Waals surface area (Å²) in [5.74, 6) is 4.10. The Balaban J connectivity index is 1.56. The molecule has 0 aliphatic carbocycles. The van der Waals surface area contributed by atoms with Crippen LogP contribution in [-0.4, -0.2) is 35.0 Å². The molecule has 252 valence electrons. The second-order valence-electron chi connectivity index (χ2n) is 12.5.